The van der Waals surface area contributed by atoms with Gasteiger partial charge in [-0.15, -0.1) is 11.3 Å². The van der Waals surface area contributed by atoms with E-state index < -0.39 is 0 Å². The van der Waals surface area contributed by atoms with Crippen molar-refractivity contribution in [2.75, 3.05) is 6.54 Å². The molecule has 0 saturated heterocycles. The summed E-state index contributed by atoms with van der Waals surface area (Å²) in [7, 11) is 0. The van der Waals surface area contributed by atoms with Crippen molar-refractivity contribution in [3.63, 3.8) is 0 Å². The number of aromatic nitrogens is 1. The van der Waals surface area contributed by atoms with Gasteiger partial charge in [0, 0.05) is 39.3 Å². The van der Waals surface area contributed by atoms with Gasteiger partial charge in [0.25, 0.3) is 0 Å². The maximum Gasteiger partial charge on any atom is 0.244 e. The fourth-order valence-electron chi connectivity index (χ4n) is 3.35. The molecule has 1 unspecified atom stereocenters. The Balaban J connectivity index is 1.38. The van der Waals surface area contributed by atoms with E-state index >= 15 is 0 Å². The van der Waals surface area contributed by atoms with Gasteiger partial charge in [-0.25, -0.2) is 0 Å². The molecule has 0 saturated carbocycles. The number of carbonyl (C=O) groups is 2. The molecule has 2 N–H and O–H groups in total. The monoisotopic (exact) mass is 455 g/mol. The number of amides is 1. The van der Waals surface area contributed by atoms with Crippen molar-refractivity contribution in [2.45, 2.75) is 19.4 Å². The zero-order valence-corrected chi connectivity index (χ0v) is 18.2. The summed E-state index contributed by atoms with van der Waals surface area (Å²) in [5.74, 6) is 0.426. The number of nitrogens with one attached hydrogen (secondary N) is 1. The van der Waals surface area contributed by atoms with Crippen molar-refractivity contribution in [3.8, 4) is 16.2 Å². The molecule has 1 aliphatic rings. The van der Waals surface area contributed by atoms with Crippen LogP contribution in [0, 0.1) is 0 Å². The van der Waals surface area contributed by atoms with Crippen LogP contribution in [0.4, 0.5) is 0 Å². The Bertz CT molecular complexity index is 1190. The summed E-state index contributed by atoms with van der Waals surface area (Å²) in [6, 6.07) is 11.1. The van der Waals surface area contributed by atoms with Crippen LogP contribution in [0.2, 0.25) is 5.02 Å². The number of ketones is 1. The van der Waals surface area contributed by atoms with Crippen molar-refractivity contribution in [1.82, 2.24) is 5.32 Å². The lowest BCUT2D eigenvalue weighted by Crippen LogP contribution is -2.33. The SMILES string of the molecule is CC(=O)c1ccc(-c2cc(Cl)c3c(c2)CC(CNC(=O)/C=C/c2ccc[n+](O)c2)O3)s1. The second kappa shape index (κ2) is 8.91. The molecule has 0 spiro atoms. The van der Waals surface area contributed by atoms with E-state index in [1.165, 1.54) is 29.8 Å². The summed E-state index contributed by atoms with van der Waals surface area (Å²) >= 11 is 7.88. The van der Waals surface area contributed by atoms with Gasteiger partial charge in [-0.05, 0) is 48.9 Å². The van der Waals surface area contributed by atoms with E-state index in [1.807, 2.05) is 24.3 Å². The number of pyridine rings is 1. The molecule has 3 aromatic rings. The number of fused-ring (bicyclic) bond motifs is 1. The van der Waals surface area contributed by atoms with Crippen LogP contribution in [0.25, 0.3) is 16.5 Å². The highest BCUT2D eigenvalue weighted by Crippen LogP contribution is 2.41. The molecule has 158 valence electrons. The minimum atomic E-state index is -0.255. The van der Waals surface area contributed by atoms with E-state index in [0.29, 0.717) is 34.2 Å². The zero-order valence-electron chi connectivity index (χ0n) is 16.7. The lowest BCUT2D eigenvalue weighted by Gasteiger charge is -2.11. The van der Waals surface area contributed by atoms with Crippen molar-refractivity contribution < 1.29 is 24.3 Å². The third kappa shape index (κ3) is 4.95. The Hall–Kier alpha value is -3.16. The maximum absolute atomic E-state index is 12.1. The van der Waals surface area contributed by atoms with Gasteiger partial charge >= 0.3 is 0 Å². The van der Waals surface area contributed by atoms with E-state index in [2.05, 4.69) is 5.32 Å². The first kappa shape index (κ1) is 21.1. The highest BCUT2D eigenvalue weighted by molar-refractivity contribution is 7.17. The standard InChI is InChI=1S/C23H19ClN2O4S/c1-14(27)20-5-6-21(31-20)16-9-17-10-18(30-23(17)19(24)11-16)12-25-22(28)7-4-15-3-2-8-26(29)13-15/h2-9,11,13,18H,10,12H2,1H3,(H-,25,28,29)/p+1/b7-4+. The van der Waals surface area contributed by atoms with E-state index in [1.54, 1.807) is 25.1 Å². The number of hydrogen-bond donors (Lipinski definition) is 2. The minimum absolute atomic E-state index is 0.0412. The first-order chi connectivity index (χ1) is 14.9. The van der Waals surface area contributed by atoms with Crippen molar-refractivity contribution >= 4 is 40.7 Å². The van der Waals surface area contributed by atoms with Crippen LogP contribution in [0.5, 0.6) is 5.75 Å². The number of Topliss-reactive ketones (excluding diaryl/α,β-unsaturated/α-hetero) is 1. The van der Waals surface area contributed by atoms with E-state index in [-0.39, 0.29) is 17.8 Å². The summed E-state index contributed by atoms with van der Waals surface area (Å²) in [6.07, 6.45) is 6.42. The predicted molar refractivity (Wildman–Crippen MR) is 119 cm³/mol. The smallest absolute Gasteiger partial charge is 0.244 e. The Morgan fingerprint density at radius 3 is 2.94 bits per heavy atom. The second-order valence-electron chi connectivity index (χ2n) is 7.21. The largest absolute Gasteiger partial charge is 0.486 e. The summed E-state index contributed by atoms with van der Waals surface area (Å²) in [6.45, 7) is 1.89. The Kier molecular flexibility index (Phi) is 6.06. The molecule has 8 heteroatoms. The number of nitrogens with zero attached hydrogens (tertiary/aromatic N) is 1. The van der Waals surface area contributed by atoms with Crippen LogP contribution >= 0.6 is 22.9 Å². The lowest BCUT2D eigenvalue weighted by molar-refractivity contribution is -0.904. The third-order valence-electron chi connectivity index (χ3n) is 4.83. The van der Waals surface area contributed by atoms with E-state index in [9.17, 15) is 14.8 Å². The fourth-order valence-corrected chi connectivity index (χ4v) is 4.52. The van der Waals surface area contributed by atoms with Gasteiger partial charge in [-0.1, -0.05) is 11.6 Å². The molecule has 1 aromatic carbocycles. The lowest BCUT2D eigenvalue weighted by atomic mass is 10.1. The van der Waals surface area contributed by atoms with E-state index in [4.69, 9.17) is 16.3 Å². The molecule has 0 bridgehead atoms. The molecular formula is C23H20ClN2O4S+. The van der Waals surface area contributed by atoms with Gasteiger partial charge in [-0.3, -0.25) is 14.8 Å². The first-order valence-corrected chi connectivity index (χ1v) is 10.8. The summed E-state index contributed by atoms with van der Waals surface area (Å²) in [4.78, 5) is 25.4. The molecule has 1 atom stereocenters. The van der Waals surface area contributed by atoms with Gasteiger partial charge in [0.15, 0.2) is 5.78 Å². The number of rotatable bonds is 6. The van der Waals surface area contributed by atoms with Crippen molar-refractivity contribution in [2.24, 2.45) is 0 Å². The van der Waals surface area contributed by atoms with Gasteiger partial charge < -0.3 is 10.1 Å². The Morgan fingerprint density at radius 1 is 1.35 bits per heavy atom. The minimum Gasteiger partial charge on any atom is -0.486 e. The molecule has 0 fully saturated rings. The topological polar surface area (TPSA) is 79.5 Å². The zero-order chi connectivity index (χ0) is 22.0. The quantitative estimate of drug-likeness (QED) is 0.255. The maximum atomic E-state index is 12.1. The summed E-state index contributed by atoms with van der Waals surface area (Å²) in [5.41, 5.74) is 2.62. The number of halogens is 1. The van der Waals surface area contributed by atoms with Gasteiger partial charge in [0.2, 0.25) is 18.3 Å². The van der Waals surface area contributed by atoms with Crippen molar-refractivity contribution in [1.29, 1.82) is 0 Å². The summed E-state index contributed by atoms with van der Waals surface area (Å²) < 4.78 is 6.87. The number of thiophene rings is 1. The van der Waals surface area contributed by atoms with Crippen LogP contribution < -0.4 is 14.8 Å². The average molecular weight is 456 g/mol. The van der Waals surface area contributed by atoms with Gasteiger partial charge in [-0.2, -0.15) is 0 Å². The van der Waals surface area contributed by atoms with Crippen LogP contribution in [0.1, 0.15) is 27.7 Å². The predicted octanol–water partition coefficient (Wildman–Crippen LogP) is 3.93. The molecule has 2 aromatic heterocycles. The molecule has 0 aliphatic carbocycles. The number of ether oxygens (including phenoxy) is 1. The molecule has 4 rings (SSSR count). The second-order valence-corrected chi connectivity index (χ2v) is 8.70. The number of hydrogen-bond acceptors (Lipinski definition) is 5. The molecule has 6 nitrogen and oxygen atoms in total. The van der Waals surface area contributed by atoms with Crippen LogP contribution in [0.3, 0.4) is 0 Å². The average Bonchev–Trinajstić information content (AvgIpc) is 3.38. The third-order valence-corrected chi connectivity index (χ3v) is 6.35. The van der Waals surface area contributed by atoms with Crippen LogP contribution in [0.15, 0.2) is 54.9 Å². The van der Waals surface area contributed by atoms with Crippen LogP contribution in [-0.4, -0.2) is 29.5 Å². The fraction of sp³-hybridized carbons (Fsp3) is 0.174. The molecular weight excluding hydrogens is 436 g/mol. The molecule has 31 heavy (non-hydrogen) atoms. The van der Waals surface area contributed by atoms with Crippen LogP contribution in [-0.2, 0) is 11.2 Å². The Morgan fingerprint density at radius 2 is 2.19 bits per heavy atom. The van der Waals surface area contributed by atoms with Crippen molar-refractivity contribution in [3.05, 3.63) is 75.9 Å². The highest BCUT2D eigenvalue weighted by Gasteiger charge is 2.26. The van der Waals surface area contributed by atoms with Gasteiger partial charge in [0.05, 0.1) is 16.4 Å². The molecule has 1 aliphatic heterocycles. The first-order valence-electron chi connectivity index (χ1n) is 9.66. The molecule has 0 radical (unpaired) electrons. The molecule has 1 amide bonds. The number of carbonyl (C=O) groups excluding carboxylic acids is 2. The number of benzene rings is 1. The normalized spacial score (nSPS) is 15.0. The summed E-state index contributed by atoms with van der Waals surface area (Å²) in [5, 5.41) is 12.7. The van der Waals surface area contributed by atoms with E-state index in [0.717, 1.165) is 20.7 Å². The molecule has 3 heterocycles. The highest BCUT2D eigenvalue weighted by atomic mass is 35.5. The Labute approximate surface area is 188 Å². The van der Waals surface area contributed by atoms with Gasteiger partial charge in [0.1, 0.15) is 11.9 Å².